The van der Waals surface area contributed by atoms with Crippen molar-refractivity contribution in [3.05, 3.63) is 47.1 Å². The molecule has 0 saturated heterocycles. The Kier molecular flexibility index (Phi) is 5.21. The highest BCUT2D eigenvalue weighted by molar-refractivity contribution is 6.31. The van der Waals surface area contributed by atoms with Crippen molar-refractivity contribution in [2.45, 2.75) is 20.0 Å². The first-order valence-corrected chi connectivity index (χ1v) is 6.77. The molecule has 0 amide bonds. The second kappa shape index (κ2) is 7.12. The van der Waals surface area contributed by atoms with Gasteiger partial charge in [-0.25, -0.2) is 4.98 Å². The number of ether oxygens (including phenoxy) is 2. The fraction of sp³-hybridized carbons (Fsp3) is 0.267. The largest absolute Gasteiger partial charge is 0.490 e. The number of halogens is 1. The molecular weight excluding hydrogens is 278 g/mol. The van der Waals surface area contributed by atoms with Gasteiger partial charge in [-0.2, -0.15) is 0 Å². The van der Waals surface area contributed by atoms with Crippen LogP contribution in [0.15, 0.2) is 36.5 Å². The summed E-state index contributed by atoms with van der Waals surface area (Å²) >= 11 is 6.08. The van der Waals surface area contributed by atoms with E-state index < -0.39 is 0 Å². The highest BCUT2D eigenvalue weighted by Crippen LogP contribution is 2.33. The molecule has 5 heteroatoms. The number of benzene rings is 1. The molecular formula is C15H16ClNO3. The first kappa shape index (κ1) is 14.6. The predicted octanol–water partition coefficient (Wildman–Crippen LogP) is 3.81. The van der Waals surface area contributed by atoms with E-state index in [2.05, 4.69) is 4.98 Å². The van der Waals surface area contributed by atoms with Crippen molar-refractivity contribution in [2.24, 2.45) is 0 Å². The van der Waals surface area contributed by atoms with E-state index in [1.165, 1.54) is 6.20 Å². The normalized spacial score (nSPS) is 10.3. The van der Waals surface area contributed by atoms with Gasteiger partial charge in [0.2, 0.25) is 5.88 Å². The van der Waals surface area contributed by atoms with Crippen LogP contribution in [0.2, 0.25) is 5.02 Å². The van der Waals surface area contributed by atoms with Gasteiger partial charge in [0, 0.05) is 6.20 Å². The van der Waals surface area contributed by atoms with E-state index in [0.717, 1.165) is 6.42 Å². The Labute approximate surface area is 122 Å². The van der Waals surface area contributed by atoms with E-state index in [9.17, 15) is 0 Å². The van der Waals surface area contributed by atoms with E-state index in [4.69, 9.17) is 26.2 Å². The number of hydrogen-bond donors (Lipinski definition) is 1. The van der Waals surface area contributed by atoms with Crippen molar-refractivity contribution in [1.29, 1.82) is 0 Å². The summed E-state index contributed by atoms with van der Waals surface area (Å²) in [5, 5.41) is 9.37. The molecule has 1 aromatic heterocycles. The first-order valence-electron chi connectivity index (χ1n) is 6.39. The minimum Gasteiger partial charge on any atom is -0.490 e. The maximum atomic E-state index is 9.02. The topological polar surface area (TPSA) is 51.6 Å². The van der Waals surface area contributed by atoms with Gasteiger partial charge < -0.3 is 14.6 Å². The van der Waals surface area contributed by atoms with Gasteiger partial charge in [0.15, 0.2) is 11.5 Å². The lowest BCUT2D eigenvalue weighted by Gasteiger charge is -2.12. The number of aliphatic hydroxyl groups excluding tert-OH is 1. The molecule has 0 saturated carbocycles. The van der Waals surface area contributed by atoms with Gasteiger partial charge in [0.05, 0.1) is 13.2 Å². The summed E-state index contributed by atoms with van der Waals surface area (Å²) in [6.45, 7) is 2.55. The highest BCUT2D eigenvalue weighted by atomic mass is 35.5. The van der Waals surface area contributed by atoms with Crippen molar-refractivity contribution >= 4 is 11.6 Å². The average molecular weight is 294 g/mol. The quantitative estimate of drug-likeness (QED) is 0.880. The number of hydrogen-bond acceptors (Lipinski definition) is 4. The lowest BCUT2D eigenvalue weighted by Crippen LogP contribution is -1.98. The van der Waals surface area contributed by atoms with Crippen LogP contribution in [0.5, 0.6) is 17.4 Å². The number of nitrogens with zero attached hydrogens (tertiary/aromatic N) is 1. The average Bonchev–Trinajstić information content (AvgIpc) is 2.48. The number of aromatic nitrogens is 1. The Hall–Kier alpha value is -1.78. The molecule has 0 radical (unpaired) electrons. The molecule has 2 aromatic rings. The van der Waals surface area contributed by atoms with Gasteiger partial charge in [0.25, 0.3) is 0 Å². The zero-order valence-electron chi connectivity index (χ0n) is 11.2. The number of rotatable bonds is 6. The molecule has 4 nitrogen and oxygen atoms in total. The molecule has 0 spiro atoms. The van der Waals surface area contributed by atoms with Crippen LogP contribution in [0.3, 0.4) is 0 Å². The molecule has 0 aliphatic heterocycles. The molecule has 0 atom stereocenters. The van der Waals surface area contributed by atoms with Crippen LogP contribution < -0.4 is 9.47 Å². The molecule has 0 fully saturated rings. The SMILES string of the molecule is CCCOc1ccccc1Oc1ncc(CO)cc1Cl. The Bertz CT molecular complexity index is 575. The van der Waals surface area contributed by atoms with Crippen LogP contribution in [0.25, 0.3) is 0 Å². The maximum Gasteiger partial charge on any atom is 0.238 e. The fourth-order valence-electron chi connectivity index (χ4n) is 1.60. The molecule has 0 bridgehead atoms. The minimum atomic E-state index is -0.108. The predicted molar refractivity (Wildman–Crippen MR) is 77.5 cm³/mol. The number of pyridine rings is 1. The van der Waals surface area contributed by atoms with E-state index in [0.29, 0.717) is 28.7 Å². The lowest BCUT2D eigenvalue weighted by atomic mass is 10.3. The summed E-state index contributed by atoms with van der Waals surface area (Å²) in [7, 11) is 0. The van der Waals surface area contributed by atoms with Crippen molar-refractivity contribution in [3.63, 3.8) is 0 Å². The third kappa shape index (κ3) is 3.62. The zero-order valence-corrected chi connectivity index (χ0v) is 11.9. The molecule has 1 N–H and O–H groups in total. The van der Waals surface area contributed by atoms with Crippen LogP contribution in [0.4, 0.5) is 0 Å². The molecule has 1 aromatic carbocycles. The van der Waals surface area contributed by atoms with Crippen molar-refractivity contribution < 1.29 is 14.6 Å². The summed E-state index contributed by atoms with van der Waals surface area (Å²) in [5.41, 5.74) is 0.637. The summed E-state index contributed by atoms with van der Waals surface area (Å²) in [5.74, 6) is 1.50. The Morgan fingerprint density at radius 1 is 1.25 bits per heavy atom. The molecule has 0 aliphatic carbocycles. The third-order valence-electron chi connectivity index (χ3n) is 2.56. The minimum absolute atomic E-state index is 0.108. The lowest BCUT2D eigenvalue weighted by molar-refractivity contribution is 0.281. The van der Waals surface area contributed by atoms with Gasteiger partial charge in [-0.15, -0.1) is 0 Å². The standard InChI is InChI=1S/C15H16ClNO3/c1-2-7-19-13-5-3-4-6-14(13)20-15-12(16)8-11(10-18)9-17-15/h3-6,8-9,18H,2,7,10H2,1H3. The monoisotopic (exact) mass is 293 g/mol. The fourth-order valence-corrected chi connectivity index (χ4v) is 1.82. The molecule has 0 unspecified atom stereocenters. The highest BCUT2D eigenvalue weighted by Gasteiger charge is 2.10. The smallest absolute Gasteiger partial charge is 0.238 e. The van der Waals surface area contributed by atoms with Crippen molar-refractivity contribution in [3.8, 4) is 17.4 Å². The Balaban J connectivity index is 2.21. The Morgan fingerprint density at radius 2 is 2.00 bits per heavy atom. The molecule has 1 heterocycles. The molecule has 20 heavy (non-hydrogen) atoms. The Morgan fingerprint density at radius 3 is 2.65 bits per heavy atom. The van der Waals surface area contributed by atoms with Gasteiger partial charge in [-0.3, -0.25) is 0 Å². The van der Waals surface area contributed by atoms with E-state index in [1.54, 1.807) is 12.1 Å². The van der Waals surface area contributed by atoms with Crippen LogP contribution in [0.1, 0.15) is 18.9 Å². The molecule has 0 aliphatic rings. The van der Waals surface area contributed by atoms with Gasteiger partial charge >= 0.3 is 0 Å². The molecule has 2 rings (SSSR count). The van der Waals surface area contributed by atoms with Crippen LogP contribution >= 0.6 is 11.6 Å². The van der Waals surface area contributed by atoms with Gasteiger partial charge in [0.1, 0.15) is 5.02 Å². The second-order valence-electron chi connectivity index (χ2n) is 4.19. The number of para-hydroxylation sites is 2. The van der Waals surface area contributed by atoms with Crippen LogP contribution in [-0.2, 0) is 6.61 Å². The maximum absolute atomic E-state index is 9.02. The third-order valence-corrected chi connectivity index (χ3v) is 2.83. The van der Waals surface area contributed by atoms with Gasteiger partial charge in [-0.1, -0.05) is 30.7 Å². The summed E-state index contributed by atoms with van der Waals surface area (Å²) in [6.07, 6.45) is 2.44. The summed E-state index contributed by atoms with van der Waals surface area (Å²) in [6, 6.07) is 8.98. The van der Waals surface area contributed by atoms with Crippen LogP contribution in [-0.4, -0.2) is 16.7 Å². The first-order chi connectivity index (χ1) is 9.74. The zero-order chi connectivity index (χ0) is 14.4. The second-order valence-corrected chi connectivity index (χ2v) is 4.59. The summed E-state index contributed by atoms with van der Waals surface area (Å²) < 4.78 is 11.3. The molecule has 106 valence electrons. The van der Waals surface area contributed by atoms with Crippen LogP contribution in [0, 0.1) is 0 Å². The van der Waals surface area contributed by atoms with Crippen molar-refractivity contribution in [2.75, 3.05) is 6.61 Å². The summed E-state index contributed by atoms with van der Waals surface area (Å²) in [4.78, 5) is 4.10. The van der Waals surface area contributed by atoms with E-state index in [1.807, 2.05) is 25.1 Å². The van der Waals surface area contributed by atoms with E-state index in [-0.39, 0.29) is 12.5 Å². The van der Waals surface area contributed by atoms with Gasteiger partial charge in [-0.05, 0) is 30.2 Å². The van der Waals surface area contributed by atoms with E-state index >= 15 is 0 Å². The number of aliphatic hydroxyl groups is 1. The van der Waals surface area contributed by atoms with Crippen molar-refractivity contribution in [1.82, 2.24) is 4.98 Å².